The van der Waals surface area contributed by atoms with Gasteiger partial charge in [-0.15, -0.1) is 0 Å². The topological polar surface area (TPSA) is 44.9 Å². The number of hydrogen-bond acceptors (Lipinski definition) is 2. The number of guanidine groups is 1. The van der Waals surface area contributed by atoms with Crippen LogP contribution >= 0.6 is 0 Å². The van der Waals surface area contributed by atoms with E-state index in [0.717, 1.165) is 13.1 Å². The van der Waals surface area contributed by atoms with E-state index in [1.165, 1.54) is 24.1 Å². The van der Waals surface area contributed by atoms with Crippen LogP contribution < -0.4 is 10.6 Å². The van der Waals surface area contributed by atoms with Gasteiger partial charge in [-0.05, 0) is 30.5 Å². The minimum absolute atomic E-state index is 0.612. The van der Waals surface area contributed by atoms with E-state index >= 15 is 0 Å². The van der Waals surface area contributed by atoms with Gasteiger partial charge < -0.3 is 15.5 Å². The van der Waals surface area contributed by atoms with Crippen LogP contribution in [0.5, 0.6) is 0 Å². The van der Waals surface area contributed by atoms with Gasteiger partial charge in [-0.1, -0.05) is 24.3 Å². The molecule has 0 amide bonds. The molecule has 1 fully saturated rings. The highest BCUT2D eigenvalue weighted by molar-refractivity contribution is 5.78. The van der Waals surface area contributed by atoms with E-state index in [-0.39, 0.29) is 0 Å². The summed E-state index contributed by atoms with van der Waals surface area (Å²) in [7, 11) is 2.03. The fourth-order valence-electron chi connectivity index (χ4n) is 2.47. The van der Waals surface area contributed by atoms with Crippen LogP contribution in [0.2, 0.25) is 0 Å². The summed E-state index contributed by atoms with van der Waals surface area (Å²) in [5, 5.41) is 0. The summed E-state index contributed by atoms with van der Waals surface area (Å²) < 4.78 is 0. The molecule has 3 rings (SSSR count). The van der Waals surface area contributed by atoms with Crippen molar-refractivity contribution in [2.45, 2.75) is 25.4 Å². The maximum atomic E-state index is 6.02. The van der Waals surface area contributed by atoms with Gasteiger partial charge in [0.15, 0.2) is 5.96 Å². The van der Waals surface area contributed by atoms with Crippen LogP contribution in [-0.4, -0.2) is 37.0 Å². The average Bonchev–Trinajstić information content (AvgIpc) is 3.18. The van der Waals surface area contributed by atoms with E-state index in [2.05, 4.69) is 51.2 Å². The molecule has 0 aromatic heterocycles. The number of benzene rings is 1. The molecule has 4 heteroatoms. The van der Waals surface area contributed by atoms with Gasteiger partial charge in [0.25, 0.3) is 0 Å². The summed E-state index contributed by atoms with van der Waals surface area (Å²) >= 11 is 0. The van der Waals surface area contributed by atoms with E-state index in [9.17, 15) is 0 Å². The summed E-state index contributed by atoms with van der Waals surface area (Å²) in [6.45, 7) is 2.65. The first-order valence-corrected chi connectivity index (χ1v) is 7.25. The zero-order valence-electron chi connectivity index (χ0n) is 12.0. The maximum absolute atomic E-state index is 6.02. The second-order valence-electron chi connectivity index (χ2n) is 5.56. The second kappa shape index (κ2) is 5.57. The molecular weight excluding hydrogens is 248 g/mol. The lowest BCUT2D eigenvalue weighted by atomic mass is 10.2. The maximum Gasteiger partial charge on any atom is 0.191 e. The Morgan fingerprint density at radius 2 is 2.10 bits per heavy atom. The molecule has 1 aromatic carbocycles. The highest BCUT2D eigenvalue weighted by Crippen LogP contribution is 2.25. The summed E-state index contributed by atoms with van der Waals surface area (Å²) in [6.07, 6.45) is 6.88. The van der Waals surface area contributed by atoms with Gasteiger partial charge in [0.1, 0.15) is 0 Å². The highest BCUT2D eigenvalue weighted by Gasteiger charge is 2.27. The van der Waals surface area contributed by atoms with Crippen molar-refractivity contribution in [1.82, 2.24) is 4.90 Å². The van der Waals surface area contributed by atoms with Crippen molar-refractivity contribution in [2.24, 2.45) is 10.7 Å². The van der Waals surface area contributed by atoms with Crippen molar-refractivity contribution >= 4 is 11.6 Å². The van der Waals surface area contributed by atoms with Crippen molar-refractivity contribution in [1.29, 1.82) is 0 Å². The van der Waals surface area contributed by atoms with Crippen molar-refractivity contribution in [3.63, 3.8) is 0 Å². The van der Waals surface area contributed by atoms with Crippen LogP contribution in [0.3, 0.4) is 0 Å². The Hall–Kier alpha value is -1.97. The second-order valence-corrected chi connectivity index (χ2v) is 5.56. The van der Waals surface area contributed by atoms with Crippen molar-refractivity contribution in [3.05, 3.63) is 42.0 Å². The van der Waals surface area contributed by atoms with Crippen LogP contribution in [-0.2, 0) is 6.54 Å². The van der Waals surface area contributed by atoms with Crippen LogP contribution in [0, 0.1) is 0 Å². The Kier molecular flexibility index (Phi) is 3.63. The van der Waals surface area contributed by atoms with Crippen LogP contribution in [0.25, 0.3) is 0 Å². The number of hydrogen-bond donors (Lipinski definition) is 1. The molecule has 0 bridgehead atoms. The number of nitrogens with two attached hydrogens (primary N) is 1. The third-order valence-corrected chi connectivity index (χ3v) is 3.97. The molecule has 106 valence electrons. The number of aliphatic imine (C=N–C) groups is 1. The quantitative estimate of drug-likeness (QED) is 0.517. The normalized spacial score (nSPS) is 18.6. The van der Waals surface area contributed by atoms with Crippen LogP contribution in [0.1, 0.15) is 18.4 Å². The minimum atomic E-state index is 0.612. The molecule has 0 unspecified atom stereocenters. The van der Waals surface area contributed by atoms with E-state index in [4.69, 9.17) is 5.73 Å². The zero-order chi connectivity index (χ0) is 13.9. The molecule has 1 heterocycles. The molecular formula is C16H22N4. The Balaban J connectivity index is 1.64. The number of rotatable bonds is 4. The monoisotopic (exact) mass is 270 g/mol. The number of anilines is 1. The van der Waals surface area contributed by atoms with Crippen molar-refractivity contribution < 1.29 is 0 Å². The lowest BCUT2D eigenvalue weighted by molar-refractivity contribution is 0.487. The van der Waals surface area contributed by atoms with Crippen molar-refractivity contribution in [2.75, 3.05) is 25.0 Å². The first-order valence-electron chi connectivity index (χ1n) is 7.25. The molecule has 4 nitrogen and oxygen atoms in total. The largest absolute Gasteiger partial charge is 0.370 e. The SMILES string of the molecule is CN(C(N)=NCc1cccc(N2CC=CC2)c1)C1CC1. The standard InChI is InChI=1S/C16H22N4/c1-19(14-7-8-14)16(17)18-12-13-5-4-6-15(11-13)20-9-2-3-10-20/h2-6,11,14H,7-10,12H2,1H3,(H2,17,18). The Labute approximate surface area is 120 Å². The van der Waals surface area contributed by atoms with Gasteiger partial charge >= 0.3 is 0 Å². The Bertz CT molecular complexity index is 523. The summed E-state index contributed by atoms with van der Waals surface area (Å²) in [4.78, 5) is 8.94. The predicted molar refractivity (Wildman–Crippen MR) is 83.9 cm³/mol. The third kappa shape index (κ3) is 2.95. The molecule has 0 spiro atoms. The fourth-order valence-corrected chi connectivity index (χ4v) is 2.47. The van der Waals surface area contributed by atoms with Gasteiger partial charge in [0.2, 0.25) is 0 Å². The molecule has 2 aliphatic rings. The molecule has 1 aliphatic heterocycles. The molecule has 2 N–H and O–H groups in total. The van der Waals surface area contributed by atoms with Gasteiger partial charge in [0.05, 0.1) is 6.54 Å². The Morgan fingerprint density at radius 1 is 1.35 bits per heavy atom. The van der Waals surface area contributed by atoms with E-state index in [1.807, 2.05) is 7.05 Å². The first kappa shape index (κ1) is 13.0. The highest BCUT2D eigenvalue weighted by atomic mass is 15.3. The van der Waals surface area contributed by atoms with Gasteiger partial charge in [-0.25, -0.2) is 4.99 Å². The zero-order valence-corrected chi connectivity index (χ0v) is 12.0. The van der Waals surface area contributed by atoms with E-state index < -0.39 is 0 Å². The molecule has 20 heavy (non-hydrogen) atoms. The molecule has 0 saturated heterocycles. The van der Waals surface area contributed by atoms with E-state index in [0.29, 0.717) is 18.5 Å². The lowest BCUT2D eigenvalue weighted by Gasteiger charge is -2.19. The average molecular weight is 270 g/mol. The van der Waals surface area contributed by atoms with Gasteiger partial charge in [-0.3, -0.25) is 0 Å². The third-order valence-electron chi connectivity index (χ3n) is 3.97. The molecule has 1 aromatic rings. The van der Waals surface area contributed by atoms with Crippen LogP contribution in [0.4, 0.5) is 5.69 Å². The van der Waals surface area contributed by atoms with Crippen LogP contribution in [0.15, 0.2) is 41.4 Å². The predicted octanol–water partition coefficient (Wildman–Crippen LogP) is 1.97. The first-order chi connectivity index (χ1) is 9.74. The smallest absolute Gasteiger partial charge is 0.191 e. The van der Waals surface area contributed by atoms with Crippen molar-refractivity contribution in [3.8, 4) is 0 Å². The molecule has 1 aliphatic carbocycles. The lowest BCUT2D eigenvalue weighted by Crippen LogP contribution is -2.35. The Morgan fingerprint density at radius 3 is 2.80 bits per heavy atom. The van der Waals surface area contributed by atoms with Gasteiger partial charge in [-0.2, -0.15) is 0 Å². The summed E-state index contributed by atoms with van der Waals surface area (Å²) in [6, 6.07) is 9.18. The summed E-state index contributed by atoms with van der Waals surface area (Å²) in [5.74, 6) is 0.653. The molecule has 0 radical (unpaired) electrons. The minimum Gasteiger partial charge on any atom is -0.370 e. The molecule has 1 saturated carbocycles. The summed E-state index contributed by atoms with van der Waals surface area (Å²) in [5.41, 5.74) is 8.49. The van der Waals surface area contributed by atoms with Gasteiger partial charge in [0, 0.05) is 31.9 Å². The molecule has 0 atom stereocenters. The fraction of sp³-hybridized carbons (Fsp3) is 0.438. The van der Waals surface area contributed by atoms with E-state index in [1.54, 1.807) is 0 Å². The number of nitrogens with zero attached hydrogens (tertiary/aromatic N) is 3.